The van der Waals surface area contributed by atoms with Crippen molar-refractivity contribution in [1.29, 1.82) is 0 Å². The second-order valence-electron chi connectivity index (χ2n) is 8.90. The molecule has 3 aromatic carbocycles. The average molecular weight is 456 g/mol. The second kappa shape index (κ2) is 11.2. The van der Waals surface area contributed by atoms with Crippen LogP contribution in [0.2, 0.25) is 0 Å². The second-order valence-corrected chi connectivity index (χ2v) is 8.90. The fraction of sp³-hybridized carbons (Fsp3) is 0.300. The quantitative estimate of drug-likeness (QED) is 0.383. The predicted molar refractivity (Wildman–Crippen MR) is 137 cm³/mol. The summed E-state index contributed by atoms with van der Waals surface area (Å²) in [6.07, 6.45) is 2.55. The van der Waals surface area contributed by atoms with Crippen molar-refractivity contribution in [3.63, 3.8) is 0 Å². The first-order valence-electron chi connectivity index (χ1n) is 12.0. The number of Topliss-reactive ketones (excluding diaryl/α,β-unsaturated/α-hetero) is 1. The molecule has 0 amide bonds. The zero-order valence-electron chi connectivity index (χ0n) is 20.3. The lowest BCUT2D eigenvalue weighted by molar-refractivity contribution is -0.117. The molecule has 0 aromatic heterocycles. The number of ketones is 1. The summed E-state index contributed by atoms with van der Waals surface area (Å²) in [6.45, 7) is 9.48. The first-order valence-corrected chi connectivity index (χ1v) is 12.0. The SMILES string of the molecule is CCOc1cc(/C=C2\CN(Cc3ccccc3)CCC2=O)ccc1OCc1cc(C)ccc1C. The molecule has 1 aliphatic heterocycles. The molecule has 0 unspecified atom stereocenters. The normalized spacial score (nSPS) is 15.5. The Hall–Kier alpha value is -3.37. The Labute approximate surface area is 202 Å². The van der Waals surface area contributed by atoms with Crippen LogP contribution < -0.4 is 9.47 Å². The molecular weight excluding hydrogens is 422 g/mol. The van der Waals surface area contributed by atoms with Crippen molar-refractivity contribution in [1.82, 2.24) is 4.90 Å². The molecule has 0 bridgehead atoms. The number of piperidine rings is 1. The van der Waals surface area contributed by atoms with Crippen molar-refractivity contribution in [2.45, 2.75) is 40.3 Å². The average Bonchev–Trinajstić information content (AvgIpc) is 2.83. The third-order valence-electron chi connectivity index (χ3n) is 6.15. The Morgan fingerprint density at radius 2 is 1.76 bits per heavy atom. The number of hydrogen-bond donors (Lipinski definition) is 0. The van der Waals surface area contributed by atoms with E-state index in [4.69, 9.17) is 9.47 Å². The van der Waals surface area contributed by atoms with E-state index in [0.717, 1.165) is 24.2 Å². The fourth-order valence-electron chi connectivity index (χ4n) is 4.25. The number of carbonyl (C=O) groups excluding carboxylic acids is 1. The zero-order chi connectivity index (χ0) is 23.9. The van der Waals surface area contributed by atoms with Gasteiger partial charge in [-0.15, -0.1) is 0 Å². The predicted octanol–water partition coefficient (Wildman–Crippen LogP) is 6.14. The van der Waals surface area contributed by atoms with E-state index in [1.54, 1.807) is 0 Å². The molecule has 1 heterocycles. The molecule has 0 saturated carbocycles. The Kier molecular flexibility index (Phi) is 7.81. The maximum atomic E-state index is 12.6. The van der Waals surface area contributed by atoms with Gasteiger partial charge >= 0.3 is 0 Å². The van der Waals surface area contributed by atoms with Crippen molar-refractivity contribution in [3.05, 3.63) is 100 Å². The van der Waals surface area contributed by atoms with Crippen molar-refractivity contribution in [2.75, 3.05) is 19.7 Å². The van der Waals surface area contributed by atoms with E-state index < -0.39 is 0 Å². The number of likely N-dealkylation sites (tertiary alicyclic amines) is 1. The smallest absolute Gasteiger partial charge is 0.161 e. The summed E-state index contributed by atoms with van der Waals surface area (Å²) >= 11 is 0. The number of carbonyl (C=O) groups is 1. The first kappa shape index (κ1) is 23.8. The molecule has 1 fully saturated rings. The molecule has 1 saturated heterocycles. The van der Waals surface area contributed by atoms with Crippen molar-refractivity contribution in [2.24, 2.45) is 0 Å². The summed E-state index contributed by atoms with van der Waals surface area (Å²) in [7, 11) is 0. The van der Waals surface area contributed by atoms with Gasteiger partial charge in [-0.25, -0.2) is 0 Å². The monoisotopic (exact) mass is 455 g/mol. The third-order valence-corrected chi connectivity index (χ3v) is 6.15. The number of benzene rings is 3. The van der Waals surface area contributed by atoms with Crippen LogP contribution in [-0.4, -0.2) is 30.4 Å². The van der Waals surface area contributed by atoms with Gasteiger partial charge in [0, 0.05) is 31.6 Å². The molecule has 0 atom stereocenters. The lowest BCUT2D eigenvalue weighted by Gasteiger charge is -2.28. The van der Waals surface area contributed by atoms with Gasteiger partial charge in [-0.05, 0) is 61.2 Å². The van der Waals surface area contributed by atoms with E-state index in [2.05, 4.69) is 61.2 Å². The molecule has 34 heavy (non-hydrogen) atoms. The van der Waals surface area contributed by atoms with E-state index in [9.17, 15) is 4.79 Å². The maximum Gasteiger partial charge on any atom is 0.161 e. The van der Waals surface area contributed by atoms with E-state index in [1.165, 1.54) is 22.3 Å². The minimum absolute atomic E-state index is 0.220. The number of rotatable bonds is 8. The van der Waals surface area contributed by atoms with Crippen LogP contribution in [0.25, 0.3) is 6.08 Å². The van der Waals surface area contributed by atoms with Crippen molar-refractivity contribution in [3.8, 4) is 11.5 Å². The van der Waals surface area contributed by atoms with Gasteiger partial charge in [0.2, 0.25) is 0 Å². The highest BCUT2D eigenvalue weighted by Crippen LogP contribution is 2.31. The molecular formula is C30H33NO3. The standard InChI is InChI=1S/C30H33NO3/c1-4-33-30-18-25(12-13-29(30)34-21-27-16-22(2)10-11-23(27)3)17-26-20-31(15-14-28(26)32)19-24-8-6-5-7-9-24/h5-13,16-18H,4,14-15,19-21H2,1-3H3/b26-17+. The lowest BCUT2D eigenvalue weighted by Crippen LogP contribution is -2.35. The van der Waals surface area contributed by atoms with Crippen LogP contribution >= 0.6 is 0 Å². The van der Waals surface area contributed by atoms with Crippen LogP contribution in [0.15, 0.2) is 72.3 Å². The molecule has 176 valence electrons. The Morgan fingerprint density at radius 3 is 2.56 bits per heavy atom. The highest BCUT2D eigenvalue weighted by Gasteiger charge is 2.21. The highest BCUT2D eigenvalue weighted by atomic mass is 16.5. The number of ether oxygens (including phenoxy) is 2. The summed E-state index contributed by atoms with van der Waals surface area (Å²) < 4.78 is 12.0. The minimum Gasteiger partial charge on any atom is -0.490 e. The molecule has 0 spiro atoms. The third kappa shape index (κ3) is 6.15. The van der Waals surface area contributed by atoms with E-state index >= 15 is 0 Å². The fourth-order valence-corrected chi connectivity index (χ4v) is 4.25. The molecule has 4 rings (SSSR count). The van der Waals surface area contributed by atoms with Gasteiger partial charge in [0.05, 0.1) is 6.61 Å². The van der Waals surface area contributed by atoms with E-state index in [1.807, 2.05) is 37.3 Å². The Balaban J connectivity index is 1.50. The van der Waals surface area contributed by atoms with Gasteiger partial charge in [-0.3, -0.25) is 9.69 Å². The number of aryl methyl sites for hydroxylation is 2. The van der Waals surface area contributed by atoms with Gasteiger partial charge in [0.1, 0.15) is 6.61 Å². The van der Waals surface area contributed by atoms with Crippen LogP contribution in [0.4, 0.5) is 0 Å². The summed E-state index contributed by atoms with van der Waals surface area (Å²) in [5.41, 5.74) is 6.65. The summed E-state index contributed by atoms with van der Waals surface area (Å²) in [6, 6.07) is 22.7. The number of hydrogen-bond acceptors (Lipinski definition) is 4. The van der Waals surface area contributed by atoms with Crippen LogP contribution in [0, 0.1) is 13.8 Å². The topological polar surface area (TPSA) is 38.8 Å². The first-order chi connectivity index (χ1) is 16.5. The van der Waals surface area contributed by atoms with E-state index in [0.29, 0.717) is 37.7 Å². The minimum atomic E-state index is 0.220. The summed E-state index contributed by atoms with van der Waals surface area (Å²) in [5, 5.41) is 0. The molecule has 0 aliphatic carbocycles. The van der Waals surface area contributed by atoms with Gasteiger partial charge in [0.15, 0.2) is 17.3 Å². The van der Waals surface area contributed by atoms with Crippen molar-refractivity contribution < 1.29 is 14.3 Å². The van der Waals surface area contributed by atoms with Gasteiger partial charge in [-0.2, -0.15) is 0 Å². The molecule has 3 aromatic rings. The van der Waals surface area contributed by atoms with E-state index in [-0.39, 0.29) is 5.78 Å². The van der Waals surface area contributed by atoms with Gasteiger partial charge < -0.3 is 9.47 Å². The molecule has 4 heteroatoms. The lowest BCUT2D eigenvalue weighted by atomic mass is 9.99. The Morgan fingerprint density at radius 1 is 0.941 bits per heavy atom. The summed E-state index contributed by atoms with van der Waals surface area (Å²) in [5.74, 6) is 1.63. The van der Waals surface area contributed by atoms with Crippen molar-refractivity contribution >= 4 is 11.9 Å². The van der Waals surface area contributed by atoms with Gasteiger partial charge in [0.25, 0.3) is 0 Å². The highest BCUT2D eigenvalue weighted by molar-refractivity contribution is 6.00. The number of nitrogens with zero attached hydrogens (tertiary/aromatic N) is 1. The van der Waals surface area contributed by atoms with Crippen LogP contribution in [0.5, 0.6) is 11.5 Å². The molecule has 4 nitrogen and oxygen atoms in total. The zero-order valence-corrected chi connectivity index (χ0v) is 20.3. The molecule has 1 aliphatic rings. The maximum absolute atomic E-state index is 12.6. The molecule has 0 N–H and O–H groups in total. The Bertz CT molecular complexity index is 1170. The largest absolute Gasteiger partial charge is 0.490 e. The summed E-state index contributed by atoms with van der Waals surface area (Å²) in [4.78, 5) is 15.0. The van der Waals surface area contributed by atoms with Crippen LogP contribution in [0.3, 0.4) is 0 Å². The van der Waals surface area contributed by atoms with Crippen LogP contribution in [0.1, 0.15) is 41.2 Å². The van der Waals surface area contributed by atoms with Crippen LogP contribution in [-0.2, 0) is 17.9 Å². The van der Waals surface area contributed by atoms with Gasteiger partial charge in [-0.1, -0.05) is 60.2 Å². The molecule has 0 radical (unpaired) electrons.